The monoisotopic (exact) mass is 256 g/mol. The van der Waals surface area contributed by atoms with Crippen LogP contribution in [0.5, 0.6) is 0 Å². The predicted molar refractivity (Wildman–Crippen MR) is 74.4 cm³/mol. The van der Waals surface area contributed by atoms with E-state index in [-0.39, 0.29) is 0 Å². The molecule has 0 bridgehead atoms. The van der Waals surface area contributed by atoms with Crippen LogP contribution in [0.4, 0.5) is 0 Å². The first-order chi connectivity index (χ1) is 7.75. The minimum atomic E-state index is 1.04. The standard InChI is InChI=1S/C12H20N2S2/c1-14(2)5-4-13-8-11-7-10-9-15-6-3-12(10)16-11/h7,13H,3-6,8-9H2,1-2H3. The van der Waals surface area contributed by atoms with Crippen LogP contribution >= 0.6 is 23.1 Å². The first-order valence-electron chi connectivity index (χ1n) is 5.79. The van der Waals surface area contributed by atoms with E-state index in [0.717, 1.165) is 19.6 Å². The van der Waals surface area contributed by atoms with Crippen LogP contribution in [-0.4, -0.2) is 37.8 Å². The molecule has 1 aromatic rings. The van der Waals surface area contributed by atoms with Gasteiger partial charge in [-0.1, -0.05) is 0 Å². The molecular weight excluding hydrogens is 236 g/mol. The minimum absolute atomic E-state index is 1.04. The highest BCUT2D eigenvalue weighted by Gasteiger charge is 2.12. The number of thiophene rings is 1. The molecular formula is C12H20N2S2. The summed E-state index contributed by atoms with van der Waals surface area (Å²) in [6.45, 7) is 3.22. The molecule has 1 N–H and O–H groups in total. The molecule has 0 saturated carbocycles. The van der Waals surface area contributed by atoms with E-state index >= 15 is 0 Å². The van der Waals surface area contributed by atoms with Crippen LogP contribution in [0.15, 0.2) is 6.07 Å². The first-order valence-corrected chi connectivity index (χ1v) is 7.76. The van der Waals surface area contributed by atoms with Crippen LogP contribution in [0.2, 0.25) is 0 Å². The predicted octanol–water partition coefficient (Wildman–Crippen LogP) is 2.19. The maximum Gasteiger partial charge on any atom is 0.0300 e. The third kappa shape index (κ3) is 3.48. The smallest absolute Gasteiger partial charge is 0.0300 e. The van der Waals surface area contributed by atoms with E-state index in [1.165, 1.54) is 22.8 Å². The summed E-state index contributed by atoms with van der Waals surface area (Å²) in [5, 5.41) is 3.50. The maximum absolute atomic E-state index is 3.50. The zero-order valence-corrected chi connectivity index (χ0v) is 11.7. The van der Waals surface area contributed by atoms with Crippen LogP contribution in [-0.2, 0) is 18.7 Å². The van der Waals surface area contributed by atoms with Gasteiger partial charge in [0.25, 0.3) is 0 Å². The van der Waals surface area contributed by atoms with Gasteiger partial charge in [0.15, 0.2) is 0 Å². The van der Waals surface area contributed by atoms with Gasteiger partial charge in [-0.25, -0.2) is 0 Å². The third-order valence-electron chi connectivity index (χ3n) is 2.71. The number of rotatable bonds is 5. The molecule has 0 aromatic carbocycles. The molecule has 0 aliphatic carbocycles. The maximum atomic E-state index is 3.50. The van der Waals surface area contributed by atoms with Crippen molar-refractivity contribution in [3.8, 4) is 0 Å². The Bertz CT molecular complexity index is 310. The number of thioether (sulfide) groups is 1. The van der Waals surface area contributed by atoms with Crippen molar-refractivity contribution in [3.05, 3.63) is 21.4 Å². The molecule has 90 valence electrons. The number of nitrogens with one attached hydrogen (secondary N) is 1. The number of hydrogen-bond acceptors (Lipinski definition) is 4. The number of likely N-dealkylation sites (N-methyl/N-ethyl adjacent to an activating group) is 1. The zero-order valence-electron chi connectivity index (χ0n) is 10.1. The third-order valence-corrected chi connectivity index (χ3v) is 4.96. The van der Waals surface area contributed by atoms with Crippen LogP contribution in [0.3, 0.4) is 0 Å². The van der Waals surface area contributed by atoms with Crippen LogP contribution in [0.1, 0.15) is 15.3 Å². The largest absolute Gasteiger partial charge is 0.311 e. The lowest BCUT2D eigenvalue weighted by atomic mass is 10.2. The average molecular weight is 256 g/mol. The van der Waals surface area contributed by atoms with Gasteiger partial charge in [0.05, 0.1) is 0 Å². The quantitative estimate of drug-likeness (QED) is 0.813. The minimum Gasteiger partial charge on any atom is -0.311 e. The highest BCUT2D eigenvalue weighted by Crippen LogP contribution is 2.31. The van der Waals surface area contributed by atoms with Crippen molar-refractivity contribution in [2.45, 2.75) is 18.7 Å². The Balaban J connectivity index is 1.79. The molecule has 0 radical (unpaired) electrons. The van der Waals surface area contributed by atoms with E-state index in [1.807, 2.05) is 11.3 Å². The summed E-state index contributed by atoms with van der Waals surface area (Å²) in [5.41, 5.74) is 1.59. The lowest BCUT2D eigenvalue weighted by Crippen LogP contribution is -2.25. The van der Waals surface area contributed by atoms with Crippen LogP contribution in [0.25, 0.3) is 0 Å². The second-order valence-corrected chi connectivity index (χ2v) is 6.77. The van der Waals surface area contributed by atoms with Gasteiger partial charge in [-0.2, -0.15) is 11.8 Å². The Morgan fingerprint density at radius 2 is 2.31 bits per heavy atom. The van der Waals surface area contributed by atoms with Gasteiger partial charge in [0.2, 0.25) is 0 Å². The summed E-state index contributed by atoms with van der Waals surface area (Å²) < 4.78 is 0. The van der Waals surface area contributed by atoms with Gasteiger partial charge >= 0.3 is 0 Å². The Morgan fingerprint density at radius 1 is 1.44 bits per heavy atom. The van der Waals surface area contributed by atoms with E-state index in [9.17, 15) is 0 Å². The Kier molecular flexibility index (Phi) is 4.70. The molecule has 4 heteroatoms. The van der Waals surface area contributed by atoms with Crippen LogP contribution < -0.4 is 5.32 Å². The van der Waals surface area contributed by atoms with Crippen molar-refractivity contribution in [2.75, 3.05) is 32.9 Å². The van der Waals surface area contributed by atoms with Gasteiger partial charge in [-0.15, -0.1) is 11.3 Å². The van der Waals surface area contributed by atoms with Gasteiger partial charge in [-0.05, 0) is 37.9 Å². The number of aryl methyl sites for hydroxylation is 1. The van der Waals surface area contributed by atoms with Crippen molar-refractivity contribution in [2.24, 2.45) is 0 Å². The molecule has 1 aromatic heterocycles. The molecule has 0 saturated heterocycles. The second-order valence-electron chi connectivity index (χ2n) is 4.44. The SMILES string of the molecule is CN(C)CCNCc1cc2c(s1)CCSC2. The molecule has 0 spiro atoms. The zero-order chi connectivity index (χ0) is 11.4. The number of fused-ring (bicyclic) bond motifs is 1. The molecule has 0 atom stereocenters. The average Bonchev–Trinajstić information content (AvgIpc) is 2.66. The molecule has 1 aliphatic heterocycles. The summed E-state index contributed by atoms with van der Waals surface area (Å²) >= 11 is 4.07. The van der Waals surface area contributed by atoms with Crippen molar-refractivity contribution in [1.29, 1.82) is 0 Å². The first kappa shape index (κ1) is 12.4. The Labute approximate surface area is 106 Å². The topological polar surface area (TPSA) is 15.3 Å². The molecule has 0 amide bonds. The van der Waals surface area contributed by atoms with E-state index < -0.39 is 0 Å². The molecule has 2 nitrogen and oxygen atoms in total. The molecule has 0 fully saturated rings. The van der Waals surface area contributed by atoms with Crippen molar-refractivity contribution in [1.82, 2.24) is 10.2 Å². The Morgan fingerprint density at radius 3 is 3.06 bits per heavy atom. The van der Waals surface area contributed by atoms with Crippen LogP contribution in [0, 0.1) is 0 Å². The number of hydrogen-bond donors (Lipinski definition) is 1. The summed E-state index contributed by atoms with van der Waals surface area (Å²) in [6.07, 6.45) is 1.28. The van der Waals surface area contributed by atoms with Crippen molar-refractivity contribution in [3.63, 3.8) is 0 Å². The molecule has 16 heavy (non-hydrogen) atoms. The fraction of sp³-hybridized carbons (Fsp3) is 0.667. The van der Waals surface area contributed by atoms with Gasteiger partial charge in [-0.3, -0.25) is 0 Å². The van der Waals surface area contributed by atoms with E-state index in [2.05, 4.69) is 42.1 Å². The fourth-order valence-electron chi connectivity index (χ4n) is 1.81. The van der Waals surface area contributed by atoms with Crippen molar-refractivity contribution < 1.29 is 0 Å². The van der Waals surface area contributed by atoms with Gasteiger partial charge in [0, 0.05) is 35.1 Å². The molecule has 2 rings (SSSR count). The summed E-state index contributed by atoms with van der Waals surface area (Å²) in [4.78, 5) is 5.35. The molecule has 2 heterocycles. The lowest BCUT2D eigenvalue weighted by Gasteiger charge is -2.09. The summed E-state index contributed by atoms with van der Waals surface area (Å²) in [7, 11) is 4.23. The summed E-state index contributed by atoms with van der Waals surface area (Å²) in [5.74, 6) is 2.53. The van der Waals surface area contributed by atoms with E-state index in [1.54, 1.807) is 10.4 Å². The second kappa shape index (κ2) is 6.05. The highest BCUT2D eigenvalue weighted by atomic mass is 32.2. The van der Waals surface area contributed by atoms with Gasteiger partial charge < -0.3 is 10.2 Å². The Hall–Kier alpha value is -0.0300. The summed E-state index contributed by atoms with van der Waals surface area (Å²) in [6, 6.07) is 2.40. The molecule has 1 aliphatic rings. The van der Waals surface area contributed by atoms with Gasteiger partial charge in [0.1, 0.15) is 0 Å². The highest BCUT2D eigenvalue weighted by molar-refractivity contribution is 7.98. The fourth-order valence-corrected chi connectivity index (χ4v) is 4.16. The lowest BCUT2D eigenvalue weighted by molar-refractivity contribution is 0.400. The van der Waals surface area contributed by atoms with E-state index in [0.29, 0.717) is 0 Å². The van der Waals surface area contributed by atoms with Crippen molar-refractivity contribution >= 4 is 23.1 Å². The molecule has 0 unspecified atom stereocenters. The normalized spacial score (nSPS) is 15.4. The number of nitrogens with zero attached hydrogens (tertiary/aromatic N) is 1. The van der Waals surface area contributed by atoms with E-state index in [4.69, 9.17) is 0 Å².